The quantitative estimate of drug-likeness (QED) is 0.103. The number of amides is 3. The summed E-state index contributed by atoms with van der Waals surface area (Å²) in [7, 11) is 0. The van der Waals surface area contributed by atoms with Gasteiger partial charge in [0.1, 0.15) is 5.75 Å². The Morgan fingerprint density at radius 1 is 0.725 bits per heavy atom. The summed E-state index contributed by atoms with van der Waals surface area (Å²) < 4.78 is 5.36. The van der Waals surface area contributed by atoms with E-state index in [1.807, 2.05) is 44.2 Å². The molecule has 0 radical (unpaired) electrons. The fourth-order valence-electron chi connectivity index (χ4n) is 3.58. The van der Waals surface area contributed by atoms with Crippen LogP contribution in [0.1, 0.15) is 37.4 Å². The first kappa shape index (κ1) is 27.5. The molecule has 0 saturated carbocycles. The van der Waals surface area contributed by atoms with E-state index in [0.29, 0.717) is 22.6 Å². The third kappa shape index (κ3) is 7.48. The van der Waals surface area contributed by atoms with Gasteiger partial charge >= 0.3 is 17.8 Å². The number of para-hydroxylation sites is 1. The van der Waals surface area contributed by atoms with Crippen molar-refractivity contribution in [2.24, 2.45) is 5.10 Å². The number of anilines is 2. The number of carbonyl (C=O) groups excluding carboxylic acids is 4. The number of benzene rings is 4. The number of hydrogen-bond acceptors (Lipinski definition) is 6. The van der Waals surface area contributed by atoms with Crippen molar-refractivity contribution < 1.29 is 23.9 Å². The van der Waals surface area contributed by atoms with Crippen molar-refractivity contribution in [3.8, 4) is 5.75 Å². The molecular formula is C31H26N4O5. The summed E-state index contributed by atoms with van der Waals surface area (Å²) in [6, 6.07) is 27.1. The van der Waals surface area contributed by atoms with E-state index in [1.165, 1.54) is 12.3 Å². The van der Waals surface area contributed by atoms with Crippen LogP contribution in [0.25, 0.3) is 0 Å². The zero-order valence-corrected chi connectivity index (χ0v) is 21.8. The van der Waals surface area contributed by atoms with E-state index >= 15 is 0 Å². The van der Waals surface area contributed by atoms with Gasteiger partial charge in [0.05, 0.1) is 23.0 Å². The van der Waals surface area contributed by atoms with Gasteiger partial charge in [0.2, 0.25) is 0 Å². The molecule has 9 nitrogen and oxygen atoms in total. The van der Waals surface area contributed by atoms with E-state index in [-0.39, 0.29) is 11.3 Å². The molecule has 0 bridgehead atoms. The van der Waals surface area contributed by atoms with Crippen molar-refractivity contribution in [2.75, 3.05) is 10.6 Å². The lowest BCUT2D eigenvalue weighted by atomic mass is 10.1. The maximum Gasteiger partial charge on any atom is 0.343 e. The number of nitrogens with one attached hydrogen (secondary N) is 3. The van der Waals surface area contributed by atoms with Crippen molar-refractivity contribution in [1.29, 1.82) is 0 Å². The second-order valence-electron chi connectivity index (χ2n) is 8.85. The van der Waals surface area contributed by atoms with Gasteiger partial charge < -0.3 is 15.4 Å². The Kier molecular flexibility index (Phi) is 8.78. The molecule has 3 N–H and O–H groups in total. The fourth-order valence-corrected chi connectivity index (χ4v) is 3.58. The average molecular weight is 535 g/mol. The number of aryl methyl sites for hydroxylation is 2. The Labute approximate surface area is 230 Å². The Balaban J connectivity index is 1.30. The van der Waals surface area contributed by atoms with Crippen molar-refractivity contribution in [2.45, 2.75) is 13.8 Å². The van der Waals surface area contributed by atoms with Crippen LogP contribution in [0, 0.1) is 13.8 Å². The summed E-state index contributed by atoms with van der Waals surface area (Å²) in [6.07, 6.45) is 1.33. The van der Waals surface area contributed by atoms with E-state index in [4.69, 9.17) is 4.74 Å². The smallest absolute Gasteiger partial charge is 0.343 e. The third-order valence-electron chi connectivity index (χ3n) is 5.66. The lowest BCUT2D eigenvalue weighted by Gasteiger charge is -2.11. The highest BCUT2D eigenvalue weighted by Crippen LogP contribution is 2.18. The topological polar surface area (TPSA) is 126 Å². The predicted octanol–water partition coefficient (Wildman–Crippen LogP) is 4.86. The molecule has 3 amide bonds. The molecule has 0 aliphatic heterocycles. The number of hydrazone groups is 1. The highest BCUT2D eigenvalue weighted by Gasteiger charge is 2.18. The molecule has 0 unspecified atom stereocenters. The Hall–Kier alpha value is -5.57. The van der Waals surface area contributed by atoms with E-state index in [1.54, 1.807) is 60.7 Å². The lowest BCUT2D eigenvalue weighted by molar-refractivity contribution is -0.136. The highest BCUT2D eigenvalue weighted by atomic mass is 16.5. The van der Waals surface area contributed by atoms with Gasteiger partial charge in [0, 0.05) is 5.69 Å². The van der Waals surface area contributed by atoms with Crippen LogP contribution >= 0.6 is 0 Å². The number of hydrogen-bond donors (Lipinski definition) is 3. The first-order chi connectivity index (χ1) is 19.3. The van der Waals surface area contributed by atoms with Gasteiger partial charge in [-0.05, 0) is 85.6 Å². The minimum absolute atomic E-state index is 0.174. The Bertz CT molecular complexity index is 1580. The molecular weight excluding hydrogens is 508 g/mol. The molecule has 9 heteroatoms. The number of carbonyl (C=O) groups is 4. The molecule has 4 aromatic carbocycles. The molecule has 0 aromatic heterocycles. The minimum Gasteiger partial charge on any atom is -0.423 e. The van der Waals surface area contributed by atoms with Crippen LogP contribution < -0.4 is 20.8 Å². The van der Waals surface area contributed by atoms with E-state index in [9.17, 15) is 19.2 Å². The first-order valence-corrected chi connectivity index (χ1v) is 12.3. The molecule has 0 aliphatic rings. The van der Waals surface area contributed by atoms with Crippen LogP contribution in [0.2, 0.25) is 0 Å². The van der Waals surface area contributed by atoms with Gasteiger partial charge in [0.15, 0.2) is 0 Å². The summed E-state index contributed by atoms with van der Waals surface area (Å²) in [5.74, 6) is -2.59. The van der Waals surface area contributed by atoms with Crippen LogP contribution in [0.3, 0.4) is 0 Å². The summed E-state index contributed by atoms with van der Waals surface area (Å²) in [5.41, 5.74) is 6.17. The standard InChI is InChI=1S/C31H26N4O5/c1-20-10-14-23(15-11-20)31(39)40-25-16-12-22(13-17-25)19-32-35-30(38)29(37)34-27-9-4-3-8-26(27)28(36)33-24-7-5-6-21(2)18-24/h3-19H,1-2H3,(H,33,36)(H,34,37)(H,35,38). The summed E-state index contributed by atoms with van der Waals surface area (Å²) in [6.45, 7) is 3.84. The second kappa shape index (κ2) is 12.8. The average Bonchev–Trinajstić information content (AvgIpc) is 2.94. The summed E-state index contributed by atoms with van der Waals surface area (Å²) >= 11 is 0. The zero-order chi connectivity index (χ0) is 28.5. The van der Waals surface area contributed by atoms with Crippen LogP contribution in [0.15, 0.2) is 102 Å². The van der Waals surface area contributed by atoms with E-state index < -0.39 is 23.7 Å². The molecule has 40 heavy (non-hydrogen) atoms. The van der Waals surface area contributed by atoms with Crippen LogP contribution in [0.5, 0.6) is 5.75 Å². The predicted molar refractivity (Wildman–Crippen MR) is 153 cm³/mol. The van der Waals surface area contributed by atoms with Gasteiger partial charge in [0.25, 0.3) is 5.91 Å². The first-order valence-electron chi connectivity index (χ1n) is 12.3. The Morgan fingerprint density at radius 2 is 1.45 bits per heavy atom. The Morgan fingerprint density at radius 3 is 2.17 bits per heavy atom. The molecule has 0 spiro atoms. The van der Waals surface area contributed by atoms with Crippen molar-refractivity contribution in [3.05, 3.63) is 125 Å². The number of esters is 1. The molecule has 200 valence electrons. The molecule has 0 atom stereocenters. The number of ether oxygens (including phenoxy) is 1. The number of nitrogens with zero attached hydrogens (tertiary/aromatic N) is 1. The minimum atomic E-state index is -1.02. The molecule has 0 aliphatic carbocycles. The fraction of sp³-hybridized carbons (Fsp3) is 0.0645. The lowest BCUT2D eigenvalue weighted by Crippen LogP contribution is -2.33. The van der Waals surface area contributed by atoms with Crippen molar-refractivity contribution >= 4 is 41.3 Å². The van der Waals surface area contributed by atoms with Crippen LogP contribution in [0.4, 0.5) is 11.4 Å². The zero-order valence-electron chi connectivity index (χ0n) is 21.8. The maximum absolute atomic E-state index is 12.8. The normalized spacial score (nSPS) is 10.6. The molecule has 4 rings (SSSR count). The molecule has 0 fully saturated rings. The van der Waals surface area contributed by atoms with E-state index in [2.05, 4.69) is 21.2 Å². The van der Waals surface area contributed by atoms with Gasteiger partial charge in [-0.2, -0.15) is 5.10 Å². The van der Waals surface area contributed by atoms with E-state index in [0.717, 1.165) is 11.1 Å². The van der Waals surface area contributed by atoms with Crippen molar-refractivity contribution in [1.82, 2.24) is 5.43 Å². The molecule has 0 saturated heterocycles. The van der Waals surface area contributed by atoms with Crippen LogP contribution in [-0.4, -0.2) is 29.9 Å². The van der Waals surface area contributed by atoms with Crippen LogP contribution in [-0.2, 0) is 9.59 Å². The van der Waals surface area contributed by atoms with Gasteiger partial charge in [-0.15, -0.1) is 0 Å². The second-order valence-corrected chi connectivity index (χ2v) is 8.85. The molecule has 4 aromatic rings. The van der Waals surface area contributed by atoms with Crippen molar-refractivity contribution in [3.63, 3.8) is 0 Å². The highest BCUT2D eigenvalue weighted by molar-refractivity contribution is 6.40. The SMILES string of the molecule is Cc1ccc(C(=O)Oc2ccc(C=NNC(=O)C(=O)Nc3ccccc3C(=O)Nc3cccc(C)c3)cc2)cc1. The summed E-state index contributed by atoms with van der Waals surface area (Å²) in [5, 5.41) is 9.02. The summed E-state index contributed by atoms with van der Waals surface area (Å²) in [4.78, 5) is 49.8. The monoisotopic (exact) mass is 534 g/mol. The number of rotatable bonds is 7. The largest absolute Gasteiger partial charge is 0.423 e. The van der Waals surface area contributed by atoms with Gasteiger partial charge in [-0.3, -0.25) is 14.4 Å². The van der Waals surface area contributed by atoms with Gasteiger partial charge in [-0.1, -0.05) is 42.0 Å². The molecule has 0 heterocycles. The maximum atomic E-state index is 12.8. The van der Waals surface area contributed by atoms with Gasteiger partial charge in [-0.25, -0.2) is 10.2 Å². The third-order valence-corrected chi connectivity index (χ3v) is 5.66.